The van der Waals surface area contributed by atoms with E-state index in [4.69, 9.17) is 9.15 Å². The highest BCUT2D eigenvalue weighted by Crippen LogP contribution is 2.25. The van der Waals surface area contributed by atoms with Gasteiger partial charge in [-0.15, -0.1) is 0 Å². The summed E-state index contributed by atoms with van der Waals surface area (Å²) >= 11 is 0. The summed E-state index contributed by atoms with van der Waals surface area (Å²) in [6, 6.07) is 19.0. The van der Waals surface area contributed by atoms with Crippen LogP contribution in [0.4, 0.5) is 0 Å². The van der Waals surface area contributed by atoms with Gasteiger partial charge < -0.3 is 19.6 Å². The first-order valence-corrected chi connectivity index (χ1v) is 10.9. The minimum atomic E-state index is -1.31. The van der Waals surface area contributed by atoms with E-state index in [0.29, 0.717) is 18.2 Å². The van der Waals surface area contributed by atoms with E-state index in [9.17, 15) is 9.90 Å². The normalized spacial score (nSPS) is 12.5. The van der Waals surface area contributed by atoms with Gasteiger partial charge in [0, 0.05) is 18.9 Å². The Hall–Kier alpha value is -3.71. The number of rotatable bonds is 10. The Morgan fingerprint density at radius 2 is 1.94 bits per heavy atom. The maximum absolute atomic E-state index is 11.4. The first-order valence-electron chi connectivity index (χ1n) is 10.9. The molecule has 0 aliphatic rings. The molecule has 0 fully saturated rings. The number of para-hydroxylation sites is 2. The minimum absolute atomic E-state index is 0.113. The first-order chi connectivity index (χ1) is 15.9. The van der Waals surface area contributed by atoms with Crippen LogP contribution in [0, 0.1) is 0 Å². The average Bonchev–Trinajstić information content (AvgIpc) is 3.24. The highest BCUT2D eigenvalue weighted by Gasteiger charge is 2.29. The number of carbonyl (C=O) groups is 1. The third-order valence-electron chi connectivity index (χ3n) is 5.39. The predicted molar refractivity (Wildman–Crippen MR) is 125 cm³/mol. The molecule has 1 atom stereocenters. The highest BCUT2D eigenvalue weighted by atomic mass is 16.5. The summed E-state index contributed by atoms with van der Waals surface area (Å²) in [6.45, 7) is 3.60. The molecule has 4 rings (SSSR count). The number of hydrogen-bond donors (Lipinski definition) is 2. The van der Waals surface area contributed by atoms with Gasteiger partial charge in [-0.3, -0.25) is 4.98 Å². The number of benzene rings is 2. The topological polar surface area (TPSA) is 97.5 Å². The molecule has 0 saturated carbocycles. The average molecular weight is 446 g/mol. The lowest BCUT2D eigenvalue weighted by molar-refractivity contribution is -0.152. The second kappa shape index (κ2) is 9.83. The van der Waals surface area contributed by atoms with Crippen LogP contribution >= 0.6 is 0 Å². The molecule has 4 aromatic rings. The molecule has 7 nitrogen and oxygen atoms in total. The van der Waals surface area contributed by atoms with Crippen molar-refractivity contribution >= 4 is 17.1 Å². The van der Waals surface area contributed by atoms with Crippen LogP contribution in [0.5, 0.6) is 5.75 Å². The smallest absolute Gasteiger partial charge is 0.347 e. The molecule has 0 amide bonds. The molecule has 33 heavy (non-hydrogen) atoms. The Bertz CT molecular complexity index is 1190. The third-order valence-corrected chi connectivity index (χ3v) is 5.39. The number of nitrogens with one attached hydrogen (secondary N) is 1. The Morgan fingerprint density at radius 1 is 1.12 bits per heavy atom. The number of carboxylic acid groups (broad SMARTS) is 1. The summed E-state index contributed by atoms with van der Waals surface area (Å²) < 4.78 is 11.7. The van der Waals surface area contributed by atoms with E-state index < -0.39 is 11.6 Å². The van der Waals surface area contributed by atoms with E-state index >= 15 is 0 Å². The fourth-order valence-corrected chi connectivity index (χ4v) is 3.51. The van der Waals surface area contributed by atoms with Crippen LogP contribution in [0.25, 0.3) is 11.1 Å². The van der Waals surface area contributed by atoms with Crippen molar-refractivity contribution in [2.75, 3.05) is 0 Å². The molecule has 170 valence electrons. The SMILES string of the molecule is CC(C)(Oc1cccc(CNC(CCc2cccnc2)c2nc3ccccc3o2)c1)C(=O)O. The number of hydrogen-bond acceptors (Lipinski definition) is 6. The number of carboxylic acids is 1. The number of pyridine rings is 1. The summed E-state index contributed by atoms with van der Waals surface area (Å²) in [5.74, 6) is 0.132. The second-order valence-electron chi connectivity index (χ2n) is 8.42. The van der Waals surface area contributed by atoms with E-state index in [-0.39, 0.29) is 6.04 Å². The Balaban J connectivity index is 1.50. The van der Waals surface area contributed by atoms with Crippen LogP contribution in [0.2, 0.25) is 0 Å². The third kappa shape index (κ3) is 5.75. The van der Waals surface area contributed by atoms with Gasteiger partial charge >= 0.3 is 5.97 Å². The summed E-state index contributed by atoms with van der Waals surface area (Å²) in [7, 11) is 0. The number of oxazole rings is 1. The van der Waals surface area contributed by atoms with Gasteiger partial charge in [-0.1, -0.05) is 30.3 Å². The van der Waals surface area contributed by atoms with E-state index in [0.717, 1.165) is 35.1 Å². The van der Waals surface area contributed by atoms with Gasteiger partial charge in [0.15, 0.2) is 11.2 Å². The van der Waals surface area contributed by atoms with Crippen LogP contribution in [-0.4, -0.2) is 26.6 Å². The fourth-order valence-electron chi connectivity index (χ4n) is 3.51. The second-order valence-corrected chi connectivity index (χ2v) is 8.42. The molecule has 1 unspecified atom stereocenters. The van der Waals surface area contributed by atoms with Crippen LogP contribution in [0.15, 0.2) is 77.5 Å². The summed E-state index contributed by atoms with van der Waals surface area (Å²) in [5, 5.41) is 12.9. The number of aliphatic carboxylic acids is 1. The largest absolute Gasteiger partial charge is 0.478 e. The molecular formula is C26H27N3O4. The van der Waals surface area contributed by atoms with Crippen molar-refractivity contribution < 1.29 is 19.1 Å². The maximum atomic E-state index is 11.4. The Labute approximate surface area is 192 Å². The standard InChI is InChI=1S/C26H27N3O4/c1-26(2,25(30)31)33-20-9-5-7-19(15-20)17-28-22(13-12-18-8-6-14-27-16-18)24-29-21-10-3-4-11-23(21)32-24/h3-11,14-16,22,28H,12-13,17H2,1-2H3,(H,30,31). The molecule has 7 heteroatoms. The van der Waals surface area contributed by atoms with Crippen LogP contribution in [-0.2, 0) is 17.8 Å². The van der Waals surface area contributed by atoms with Crippen molar-refractivity contribution in [3.05, 3.63) is 90.1 Å². The number of nitrogens with zero attached hydrogens (tertiary/aromatic N) is 2. The molecule has 0 aliphatic heterocycles. The van der Waals surface area contributed by atoms with Crippen LogP contribution in [0.3, 0.4) is 0 Å². The lowest BCUT2D eigenvalue weighted by Crippen LogP contribution is -2.37. The highest BCUT2D eigenvalue weighted by molar-refractivity contribution is 5.76. The zero-order valence-electron chi connectivity index (χ0n) is 18.7. The predicted octanol–water partition coefficient (Wildman–Crippen LogP) is 4.93. The molecule has 2 aromatic carbocycles. The van der Waals surface area contributed by atoms with Crippen molar-refractivity contribution in [2.24, 2.45) is 0 Å². The van der Waals surface area contributed by atoms with Gasteiger partial charge in [0.25, 0.3) is 0 Å². The molecule has 2 heterocycles. The van der Waals surface area contributed by atoms with Crippen molar-refractivity contribution in [1.82, 2.24) is 15.3 Å². The van der Waals surface area contributed by atoms with Crippen LogP contribution in [0.1, 0.15) is 43.3 Å². The molecule has 0 bridgehead atoms. The summed E-state index contributed by atoms with van der Waals surface area (Å²) in [6.07, 6.45) is 5.23. The van der Waals surface area contributed by atoms with Gasteiger partial charge in [0.05, 0.1) is 6.04 Å². The molecule has 0 spiro atoms. The number of fused-ring (bicyclic) bond motifs is 1. The number of ether oxygens (including phenoxy) is 1. The van der Waals surface area contributed by atoms with Crippen molar-refractivity contribution in [1.29, 1.82) is 0 Å². The minimum Gasteiger partial charge on any atom is -0.478 e. The Kier molecular flexibility index (Phi) is 6.70. The summed E-state index contributed by atoms with van der Waals surface area (Å²) in [4.78, 5) is 20.3. The van der Waals surface area contributed by atoms with Gasteiger partial charge in [-0.25, -0.2) is 9.78 Å². The van der Waals surface area contributed by atoms with Gasteiger partial charge in [0.2, 0.25) is 5.89 Å². The molecular weight excluding hydrogens is 418 g/mol. The number of aromatic nitrogens is 2. The molecule has 0 saturated heterocycles. The van der Waals surface area contributed by atoms with Crippen molar-refractivity contribution in [3.8, 4) is 5.75 Å². The molecule has 2 aromatic heterocycles. The zero-order valence-corrected chi connectivity index (χ0v) is 18.7. The maximum Gasteiger partial charge on any atom is 0.347 e. The van der Waals surface area contributed by atoms with Crippen molar-refractivity contribution in [3.63, 3.8) is 0 Å². The van der Waals surface area contributed by atoms with Crippen molar-refractivity contribution in [2.45, 2.75) is 44.9 Å². The lowest BCUT2D eigenvalue weighted by atomic mass is 10.1. The Morgan fingerprint density at radius 3 is 2.70 bits per heavy atom. The first kappa shape index (κ1) is 22.5. The summed E-state index contributed by atoms with van der Waals surface area (Å²) in [5.41, 5.74) is 2.39. The van der Waals surface area contributed by atoms with E-state index in [1.807, 2.05) is 54.7 Å². The van der Waals surface area contributed by atoms with Gasteiger partial charge in [0.1, 0.15) is 11.3 Å². The molecule has 0 radical (unpaired) electrons. The van der Waals surface area contributed by atoms with Gasteiger partial charge in [-0.2, -0.15) is 0 Å². The molecule has 0 aliphatic carbocycles. The van der Waals surface area contributed by atoms with Crippen LogP contribution < -0.4 is 10.1 Å². The number of aryl methyl sites for hydroxylation is 1. The fraction of sp³-hybridized carbons (Fsp3) is 0.269. The quantitative estimate of drug-likeness (QED) is 0.357. The van der Waals surface area contributed by atoms with E-state index in [1.54, 1.807) is 12.3 Å². The molecule has 2 N–H and O–H groups in total. The lowest BCUT2D eigenvalue weighted by Gasteiger charge is -2.22. The van der Waals surface area contributed by atoms with E-state index in [2.05, 4.69) is 21.4 Å². The zero-order chi connectivity index (χ0) is 23.3. The monoisotopic (exact) mass is 445 g/mol. The van der Waals surface area contributed by atoms with E-state index in [1.165, 1.54) is 13.8 Å². The van der Waals surface area contributed by atoms with Gasteiger partial charge in [-0.05, 0) is 68.1 Å².